The second-order valence-corrected chi connectivity index (χ2v) is 5.08. The lowest BCUT2D eigenvalue weighted by Gasteiger charge is -2.14. The summed E-state index contributed by atoms with van der Waals surface area (Å²) in [6.07, 6.45) is 1.13. The first-order valence-electron chi connectivity index (χ1n) is 5.76. The first-order valence-corrected chi connectivity index (χ1v) is 6.14. The molecule has 3 nitrogen and oxygen atoms in total. The Balaban J connectivity index is 2.07. The second kappa shape index (κ2) is 4.95. The van der Waals surface area contributed by atoms with E-state index in [0.717, 1.165) is 18.7 Å². The number of halogens is 1. The zero-order valence-electron chi connectivity index (χ0n) is 10.1. The van der Waals surface area contributed by atoms with Crippen LogP contribution in [-0.4, -0.2) is 30.6 Å². The number of likely N-dealkylation sites (N-methyl/N-ethyl adjacent to an activating group) is 1. The van der Waals surface area contributed by atoms with E-state index in [9.17, 15) is 0 Å². The average molecular weight is 250 g/mol. The van der Waals surface area contributed by atoms with Gasteiger partial charge in [-0.05, 0) is 38.6 Å². The van der Waals surface area contributed by atoms with E-state index >= 15 is 0 Å². The summed E-state index contributed by atoms with van der Waals surface area (Å²) in [5.74, 6) is 0. The molecule has 1 saturated heterocycles. The molecule has 1 fully saturated rings. The maximum absolute atomic E-state index is 8.92. The number of hydrogen-bond acceptors (Lipinski definition) is 3. The van der Waals surface area contributed by atoms with E-state index < -0.39 is 0 Å². The van der Waals surface area contributed by atoms with Gasteiger partial charge in [0.05, 0.1) is 10.6 Å². The number of anilines is 1. The van der Waals surface area contributed by atoms with E-state index in [1.165, 1.54) is 0 Å². The summed E-state index contributed by atoms with van der Waals surface area (Å²) in [6, 6.07) is 8.65. The maximum Gasteiger partial charge on any atom is 0.101 e. The maximum atomic E-state index is 8.92. The van der Waals surface area contributed by atoms with E-state index in [1.807, 2.05) is 12.1 Å². The van der Waals surface area contributed by atoms with Crippen molar-refractivity contribution in [2.45, 2.75) is 25.4 Å². The molecule has 17 heavy (non-hydrogen) atoms. The molecule has 1 heterocycles. The van der Waals surface area contributed by atoms with Crippen molar-refractivity contribution in [1.29, 1.82) is 5.26 Å². The molecule has 0 spiro atoms. The molecule has 0 aliphatic carbocycles. The zero-order valence-corrected chi connectivity index (χ0v) is 10.8. The summed E-state index contributed by atoms with van der Waals surface area (Å²) in [6.45, 7) is 3.26. The highest BCUT2D eigenvalue weighted by atomic mass is 35.5. The summed E-state index contributed by atoms with van der Waals surface area (Å²) in [5.41, 5.74) is 1.49. The summed E-state index contributed by atoms with van der Waals surface area (Å²) < 4.78 is 0. The highest BCUT2D eigenvalue weighted by molar-refractivity contribution is 6.31. The number of nitriles is 1. The van der Waals surface area contributed by atoms with Crippen LogP contribution < -0.4 is 5.32 Å². The fourth-order valence-corrected chi connectivity index (χ4v) is 2.39. The van der Waals surface area contributed by atoms with Crippen molar-refractivity contribution >= 4 is 17.3 Å². The van der Waals surface area contributed by atoms with Crippen LogP contribution in [0.25, 0.3) is 0 Å². The Bertz CT molecular complexity index is 442. The summed E-state index contributed by atoms with van der Waals surface area (Å²) in [5, 5.41) is 12.9. The van der Waals surface area contributed by atoms with Crippen molar-refractivity contribution < 1.29 is 0 Å². The van der Waals surface area contributed by atoms with E-state index in [2.05, 4.69) is 30.3 Å². The first kappa shape index (κ1) is 12.2. The van der Waals surface area contributed by atoms with Crippen molar-refractivity contribution in [2.75, 3.05) is 18.9 Å². The van der Waals surface area contributed by atoms with Crippen LogP contribution in [0.1, 0.15) is 18.9 Å². The van der Waals surface area contributed by atoms with Gasteiger partial charge in [-0.1, -0.05) is 11.6 Å². The Kier molecular flexibility index (Phi) is 3.56. The minimum atomic E-state index is 0.447. The number of hydrogen-bond donors (Lipinski definition) is 1. The van der Waals surface area contributed by atoms with Crippen LogP contribution in [-0.2, 0) is 0 Å². The van der Waals surface area contributed by atoms with Gasteiger partial charge < -0.3 is 10.2 Å². The Labute approximate surface area is 107 Å². The van der Waals surface area contributed by atoms with Crippen LogP contribution in [0.2, 0.25) is 5.02 Å². The molecule has 1 aliphatic heterocycles. The third-order valence-corrected chi connectivity index (χ3v) is 3.67. The predicted octanol–water partition coefficient (Wildman–Crippen LogP) is 2.72. The zero-order chi connectivity index (χ0) is 12.4. The monoisotopic (exact) mass is 249 g/mol. The molecule has 4 heteroatoms. The van der Waals surface area contributed by atoms with Gasteiger partial charge >= 0.3 is 0 Å². The lowest BCUT2D eigenvalue weighted by atomic mass is 10.1. The van der Waals surface area contributed by atoms with Gasteiger partial charge in [-0.15, -0.1) is 0 Å². The molecule has 1 N–H and O–H groups in total. The molecule has 1 aromatic rings. The fraction of sp³-hybridized carbons (Fsp3) is 0.462. The third-order valence-electron chi connectivity index (χ3n) is 3.34. The van der Waals surface area contributed by atoms with Crippen molar-refractivity contribution in [3.05, 3.63) is 28.8 Å². The molecular formula is C13H16ClN3. The smallest absolute Gasteiger partial charge is 0.101 e. The molecule has 2 atom stereocenters. The van der Waals surface area contributed by atoms with Gasteiger partial charge in [-0.3, -0.25) is 0 Å². The lowest BCUT2D eigenvalue weighted by Crippen LogP contribution is -2.24. The van der Waals surface area contributed by atoms with Crippen molar-refractivity contribution in [2.24, 2.45) is 0 Å². The highest BCUT2D eigenvalue weighted by Gasteiger charge is 2.25. The van der Waals surface area contributed by atoms with E-state index in [4.69, 9.17) is 16.9 Å². The summed E-state index contributed by atoms with van der Waals surface area (Å²) in [4.78, 5) is 2.33. The highest BCUT2D eigenvalue weighted by Crippen LogP contribution is 2.23. The SMILES string of the molecule is CC1CC(Nc2ccc(Cl)c(C#N)c2)CN1C. The molecule has 2 unspecified atom stereocenters. The fourth-order valence-electron chi connectivity index (χ4n) is 2.23. The summed E-state index contributed by atoms with van der Waals surface area (Å²) >= 11 is 5.90. The molecule has 2 rings (SSSR count). The first-order chi connectivity index (χ1) is 8.10. The largest absolute Gasteiger partial charge is 0.381 e. The van der Waals surface area contributed by atoms with Gasteiger partial charge in [0.1, 0.15) is 6.07 Å². The predicted molar refractivity (Wildman–Crippen MR) is 70.3 cm³/mol. The van der Waals surface area contributed by atoms with Gasteiger partial charge in [0.15, 0.2) is 0 Å². The molecule has 0 aromatic heterocycles. The lowest BCUT2D eigenvalue weighted by molar-refractivity contribution is 0.330. The van der Waals surface area contributed by atoms with Gasteiger partial charge in [0.2, 0.25) is 0 Å². The average Bonchev–Trinajstić information content (AvgIpc) is 2.61. The minimum absolute atomic E-state index is 0.447. The van der Waals surface area contributed by atoms with Gasteiger partial charge in [-0.25, -0.2) is 0 Å². The number of benzene rings is 1. The van der Waals surface area contributed by atoms with Crippen molar-refractivity contribution in [3.63, 3.8) is 0 Å². The van der Waals surface area contributed by atoms with Gasteiger partial charge in [0.25, 0.3) is 0 Å². The van der Waals surface area contributed by atoms with Gasteiger partial charge in [0, 0.05) is 24.3 Å². The normalized spacial score (nSPS) is 24.6. The van der Waals surface area contributed by atoms with E-state index in [1.54, 1.807) is 6.07 Å². The molecular weight excluding hydrogens is 234 g/mol. The molecule has 90 valence electrons. The quantitative estimate of drug-likeness (QED) is 0.876. The molecule has 0 bridgehead atoms. The van der Waals surface area contributed by atoms with Crippen molar-refractivity contribution in [3.8, 4) is 6.07 Å². The number of likely N-dealkylation sites (tertiary alicyclic amines) is 1. The number of nitrogens with zero attached hydrogens (tertiary/aromatic N) is 2. The van der Waals surface area contributed by atoms with Crippen LogP contribution in [0.3, 0.4) is 0 Å². The number of nitrogens with one attached hydrogen (secondary N) is 1. The summed E-state index contributed by atoms with van der Waals surface area (Å²) in [7, 11) is 2.13. The minimum Gasteiger partial charge on any atom is -0.381 e. The van der Waals surface area contributed by atoms with Gasteiger partial charge in [-0.2, -0.15) is 5.26 Å². The molecule has 0 saturated carbocycles. The van der Waals surface area contributed by atoms with Crippen LogP contribution >= 0.6 is 11.6 Å². The van der Waals surface area contributed by atoms with E-state index in [0.29, 0.717) is 22.7 Å². The third kappa shape index (κ3) is 2.71. The molecule has 0 radical (unpaired) electrons. The topological polar surface area (TPSA) is 39.1 Å². The molecule has 1 aliphatic rings. The van der Waals surface area contributed by atoms with Crippen LogP contribution in [0.5, 0.6) is 0 Å². The number of rotatable bonds is 2. The van der Waals surface area contributed by atoms with Crippen LogP contribution in [0, 0.1) is 11.3 Å². The van der Waals surface area contributed by atoms with Crippen molar-refractivity contribution in [1.82, 2.24) is 4.90 Å². The Morgan fingerprint density at radius 3 is 2.88 bits per heavy atom. The Hall–Kier alpha value is -1.24. The second-order valence-electron chi connectivity index (χ2n) is 4.67. The Morgan fingerprint density at radius 1 is 1.53 bits per heavy atom. The molecule has 1 aromatic carbocycles. The Morgan fingerprint density at radius 2 is 2.29 bits per heavy atom. The van der Waals surface area contributed by atoms with E-state index in [-0.39, 0.29) is 0 Å². The molecule has 0 amide bonds. The van der Waals surface area contributed by atoms with Crippen LogP contribution in [0.15, 0.2) is 18.2 Å². The standard InChI is InChI=1S/C13H16ClN3/c1-9-5-12(8-17(9)2)16-11-3-4-13(14)10(6-11)7-15/h3-4,6,9,12,16H,5,8H2,1-2H3. The van der Waals surface area contributed by atoms with Crippen LogP contribution in [0.4, 0.5) is 5.69 Å².